The molecule has 1 fully saturated rings. The standard InChI is InChI=1S/C22H26N4O4S/c1-28-16-12-14(13-17(29-2)20(16)30-3)7-10-19(27)25-21(15-8-9-15)26-22(31)24-18-6-4-5-11-23-18/h4-7,10-13,15,21H,8-9H2,1-3H3,(H,25,27)(H2,23,24,26,31). The van der Waals surface area contributed by atoms with Crippen LogP contribution in [0.4, 0.5) is 5.82 Å². The van der Waals surface area contributed by atoms with Gasteiger partial charge in [0.1, 0.15) is 12.0 Å². The second-order valence-corrected chi connectivity index (χ2v) is 7.34. The second kappa shape index (κ2) is 10.6. The van der Waals surface area contributed by atoms with Crippen molar-refractivity contribution in [3.8, 4) is 17.2 Å². The fourth-order valence-corrected chi connectivity index (χ4v) is 3.23. The summed E-state index contributed by atoms with van der Waals surface area (Å²) in [6, 6.07) is 9.06. The van der Waals surface area contributed by atoms with Gasteiger partial charge < -0.3 is 30.2 Å². The molecule has 1 atom stereocenters. The van der Waals surface area contributed by atoms with Gasteiger partial charge in [-0.15, -0.1) is 0 Å². The maximum Gasteiger partial charge on any atom is 0.245 e. The lowest BCUT2D eigenvalue weighted by atomic mass is 10.1. The fraction of sp³-hybridized carbons (Fsp3) is 0.318. The zero-order chi connectivity index (χ0) is 22.2. The maximum atomic E-state index is 12.5. The summed E-state index contributed by atoms with van der Waals surface area (Å²) in [6.45, 7) is 0. The van der Waals surface area contributed by atoms with Crippen LogP contribution in [0.2, 0.25) is 0 Å². The molecule has 3 N–H and O–H groups in total. The predicted molar refractivity (Wildman–Crippen MR) is 123 cm³/mol. The number of rotatable bonds is 9. The molecule has 0 saturated heterocycles. The molecule has 164 valence electrons. The van der Waals surface area contributed by atoms with E-state index in [0.29, 0.717) is 34.1 Å². The Morgan fingerprint density at radius 2 is 1.84 bits per heavy atom. The summed E-state index contributed by atoms with van der Waals surface area (Å²) in [6.07, 6.45) is 6.63. The Balaban J connectivity index is 1.62. The van der Waals surface area contributed by atoms with Crippen molar-refractivity contribution < 1.29 is 19.0 Å². The van der Waals surface area contributed by atoms with Gasteiger partial charge in [-0.25, -0.2) is 4.98 Å². The van der Waals surface area contributed by atoms with Crippen molar-refractivity contribution in [1.29, 1.82) is 0 Å². The number of pyridine rings is 1. The molecule has 1 aliphatic carbocycles. The molecule has 1 aromatic carbocycles. The summed E-state index contributed by atoms with van der Waals surface area (Å²) in [5.41, 5.74) is 0.743. The molecule has 3 rings (SSSR count). The minimum absolute atomic E-state index is 0.237. The van der Waals surface area contributed by atoms with Gasteiger partial charge in [0, 0.05) is 12.3 Å². The first-order valence-corrected chi connectivity index (χ1v) is 10.2. The number of thiocarbonyl (C=S) groups is 1. The molecule has 9 heteroatoms. The number of amides is 1. The van der Waals surface area contributed by atoms with Crippen molar-refractivity contribution in [3.63, 3.8) is 0 Å². The van der Waals surface area contributed by atoms with Crippen LogP contribution in [-0.4, -0.2) is 43.5 Å². The molecule has 2 aromatic rings. The van der Waals surface area contributed by atoms with Gasteiger partial charge in [-0.2, -0.15) is 0 Å². The van der Waals surface area contributed by atoms with Crippen LogP contribution in [0.3, 0.4) is 0 Å². The summed E-state index contributed by atoms with van der Waals surface area (Å²) in [7, 11) is 4.64. The number of carbonyl (C=O) groups excluding carboxylic acids is 1. The molecule has 0 spiro atoms. The number of methoxy groups -OCH3 is 3. The highest BCUT2D eigenvalue weighted by Gasteiger charge is 2.32. The first-order chi connectivity index (χ1) is 15.0. The molecule has 1 saturated carbocycles. The van der Waals surface area contributed by atoms with Gasteiger partial charge in [-0.05, 0) is 66.9 Å². The number of hydrogen-bond donors (Lipinski definition) is 3. The Kier molecular flexibility index (Phi) is 7.66. The molecule has 1 unspecified atom stereocenters. The fourth-order valence-electron chi connectivity index (χ4n) is 3.00. The molecule has 1 aliphatic rings. The summed E-state index contributed by atoms with van der Waals surface area (Å²) >= 11 is 5.36. The maximum absolute atomic E-state index is 12.5. The van der Waals surface area contributed by atoms with Gasteiger partial charge in [0.25, 0.3) is 0 Å². The highest BCUT2D eigenvalue weighted by Crippen LogP contribution is 2.38. The van der Waals surface area contributed by atoms with E-state index < -0.39 is 0 Å². The summed E-state index contributed by atoms with van der Waals surface area (Å²) in [4.78, 5) is 16.7. The Bertz CT molecular complexity index is 923. The minimum atomic E-state index is -0.263. The van der Waals surface area contributed by atoms with Gasteiger partial charge in [-0.1, -0.05) is 6.07 Å². The zero-order valence-corrected chi connectivity index (χ0v) is 18.5. The molecule has 31 heavy (non-hydrogen) atoms. The van der Waals surface area contributed by atoms with Crippen molar-refractivity contribution in [1.82, 2.24) is 15.6 Å². The van der Waals surface area contributed by atoms with E-state index in [9.17, 15) is 4.79 Å². The lowest BCUT2D eigenvalue weighted by Crippen LogP contribution is -2.50. The van der Waals surface area contributed by atoms with Gasteiger partial charge in [-0.3, -0.25) is 4.79 Å². The highest BCUT2D eigenvalue weighted by molar-refractivity contribution is 7.80. The summed E-state index contributed by atoms with van der Waals surface area (Å²) < 4.78 is 16.0. The summed E-state index contributed by atoms with van der Waals surface area (Å²) in [5.74, 6) is 2.28. The van der Waals surface area contributed by atoms with Crippen LogP contribution < -0.4 is 30.2 Å². The van der Waals surface area contributed by atoms with Gasteiger partial charge >= 0.3 is 0 Å². The van der Waals surface area contributed by atoms with E-state index >= 15 is 0 Å². The van der Waals surface area contributed by atoms with E-state index in [1.807, 2.05) is 18.2 Å². The molecule has 0 bridgehead atoms. The zero-order valence-electron chi connectivity index (χ0n) is 17.7. The van der Waals surface area contributed by atoms with Crippen molar-refractivity contribution in [2.75, 3.05) is 26.6 Å². The lowest BCUT2D eigenvalue weighted by molar-refractivity contribution is -0.117. The molecule has 0 radical (unpaired) electrons. The lowest BCUT2D eigenvalue weighted by Gasteiger charge is -2.21. The van der Waals surface area contributed by atoms with E-state index in [4.69, 9.17) is 26.4 Å². The number of benzene rings is 1. The minimum Gasteiger partial charge on any atom is -0.493 e. The SMILES string of the molecule is COc1cc(C=CC(=O)NC(NC(=S)Nc2ccccn2)C2CC2)cc(OC)c1OC. The number of ether oxygens (including phenoxy) is 3. The van der Waals surface area contributed by atoms with Crippen LogP contribution >= 0.6 is 12.2 Å². The second-order valence-electron chi connectivity index (χ2n) is 6.93. The molecular weight excluding hydrogens is 416 g/mol. The van der Waals surface area contributed by atoms with Crippen LogP contribution in [0.5, 0.6) is 17.2 Å². The predicted octanol–water partition coefficient (Wildman–Crippen LogP) is 2.96. The molecule has 8 nitrogen and oxygen atoms in total. The third kappa shape index (κ3) is 6.32. The van der Waals surface area contributed by atoms with Gasteiger partial charge in [0.15, 0.2) is 16.6 Å². The molecule has 0 aliphatic heterocycles. The van der Waals surface area contributed by atoms with Crippen molar-refractivity contribution in [3.05, 3.63) is 48.2 Å². The number of nitrogens with zero attached hydrogens (tertiary/aromatic N) is 1. The number of carbonyl (C=O) groups is 1. The van der Waals surface area contributed by atoms with Crippen LogP contribution in [0.1, 0.15) is 18.4 Å². The topological polar surface area (TPSA) is 93.7 Å². The van der Waals surface area contributed by atoms with E-state index in [2.05, 4.69) is 20.9 Å². The van der Waals surface area contributed by atoms with Crippen LogP contribution in [-0.2, 0) is 4.79 Å². The third-order valence-corrected chi connectivity index (χ3v) is 4.92. The molecule has 1 heterocycles. The smallest absolute Gasteiger partial charge is 0.245 e. The number of hydrogen-bond acceptors (Lipinski definition) is 6. The highest BCUT2D eigenvalue weighted by atomic mass is 32.1. The molecule has 1 amide bonds. The van der Waals surface area contributed by atoms with Crippen LogP contribution in [0.15, 0.2) is 42.6 Å². The van der Waals surface area contributed by atoms with Crippen molar-refractivity contribution in [2.24, 2.45) is 5.92 Å². The number of anilines is 1. The first-order valence-electron chi connectivity index (χ1n) is 9.81. The average Bonchev–Trinajstić information content (AvgIpc) is 3.62. The Morgan fingerprint density at radius 1 is 1.13 bits per heavy atom. The van der Waals surface area contributed by atoms with E-state index in [-0.39, 0.29) is 12.1 Å². The van der Waals surface area contributed by atoms with Crippen LogP contribution in [0.25, 0.3) is 6.08 Å². The number of nitrogens with one attached hydrogen (secondary N) is 3. The Hall–Kier alpha value is -3.33. The first kappa shape index (κ1) is 22.4. The average molecular weight is 443 g/mol. The van der Waals surface area contributed by atoms with Gasteiger partial charge in [0.05, 0.1) is 21.3 Å². The largest absolute Gasteiger partial charge is 0.493 e. The normalized spacial score (nSPS) is 13.9. The molecule has 1 aromatic heterocycles. The molecular formula is C22H26N4O4S. The quantitative estimate of drug-likeness (QED) is 0.310. The van der Waals surface area contributed by atoms with E-state index in [1.54, 1.807) is 45.7 Å². The third-order valence-electron chi connectivity index (χ3n) is 4.70. The van der Waals surface area contributed by atoms with Gasteiger partial charge in [0.2, 0.25) is 11.7 Å². The van der Waals surface area contributed by atoms with Crippen molar-refractivity contribution in [2.45, 2.75) is 19.0 Å². The number of aromatic nitrogens is 1. The van der Waals surface area contributed by atoms with E-state index in [1.165, 1.54) is 6.08 Å². The monoisotopic (exact) mass is 442 g/mol. The van der Waals surface area contributed by atoms with Crippen molar-refractivity contribution >= 4 is 35.1 Å². The van der Waals surface area contributed by atoms with Crippen LogP contribution in [0, 0.1) is 5.92 Å². The summed E-state index contributed by atoms with van der Waals surface area (Å²) in [5, 5.41) is 9.57. The van der Waals surface area contributed by atoms with E-state index in [0.717, 1.165) is 18.4 Å². The Labute approximate surface area is 187 Å². The Morgan fingerprint density at radius 3 is 2.39 bits per heavy atom.